The highest BCUT2D eigenvalue weighted by atomic mass is 16.5. The van der Waals surface area contributed by atoms with Gasteiger partial charge >= 0.3 is 0 Å². The molecule has 0 radical (unpaired) electrons. The zero-order valence-corrected chi connectivity index (χ0v) is 11.1. The van der Waals surface area contributed by atoms with E-state index in [9.17, 15) is 0 Å². The van der Waals surface area contributed by atoms with Gasteiger partial charge in [0.05, 0.1) is 19.4 Å². The van der Waals surface area contributed by atoms with Gasteiger partial charge in [0.1, 0.15) is 5.76 Å². The van der Waals surface area contributed by atoms with Crippen LogP contribution < -0.4 is 5.73 Å². The van der Waals surface area contributed by atoms with E-state index in [1.54, 1.807) is 13.4 Å². The van der Waals surface area contributed by atoms with Gasteiger partial charge in [-0.3, -0.25) is 4.90 Å². The second kappa shape index (κ2) is 7.48. The lowest BCUT2D eigenvalue weighted by Crippen LogP contribution is -2.30. The average molecular weight is 240 g/mol. The molecule has 4 nitrogen and oxygen atoms in total. The van der Waals surface area contributed by atoms with Crippen LogP contribution >= 0.6 is 0 Å². The van der Waals surface area contributed by atoms with Crippen molar-refractivity contribution in [3.05, 3.63) is 23.7 Å². The Bertz CT molecular complexity index is 310. The Labute approximate surface area is 104 Å². The standard InChI is InChI=1S/C13H24N2O2/c1-11(2)8-15(4-5-16-3)9-13-6-12(7-14)10-17-13/h6,10-11H,4-5,7-9,14H2,1-3H3. The summed E-state index contributed by atoms with van der Waals surface area (Å²) in [7, 11) is 1.73. The van der Waals surface area contributed by atoms with Crippen LogP contribution in [0.5, 0.6) is 0 Å². The molecule has 4 heteroatoms. The number of hydrogen-bond donors (Lipinski definition) is 1. The topological polar surface area (TPSA) is 51.6 Å². The van der Waals surface area contributed by atoms with E-state index in [2.05, 4.69) is 18.7 Å². The minimum absolute atomic E-state index is 0.533. The number of ether oxygens (including phenoxy) is 1. The predicted octanol–water partition coefficient (Wildman–Crippen LogP) is 1.84. The van der Waals surface area contributed by atoms with Crippen molar-refractivity contribution in [3.8, 4) is 0 Å². The van der Waals surface area contributed by atoms with Crippen molar-refractivity contribution in [1.29, 1.82) is 0 Å². The Balaban J connectivity index is 2.51. The van der Waals surface area contributed by atoms with Gasteiger partial charge in [-0.05, 0) is 12.0 Å². The summed E-state index contributed by atoms with van der Waals surface area (Å²) in [6.45, 7) is 8.50. The summed E-state index contributed by atoms with van der Waals surface area (Å²) in [6, 6.07) is 2.03. The van der Waals surface area contributed by atoms with Crippen LogP contribution in [0.25, 0.3) is 0 Å². The molecule has 2 N–H and O–H groups in total. The Morgan fingerprint density at radius 3 is 2.76 bits per heavy atom. The van der Waals surface area contributed by atoms with Crippen molar-refractivity contribution in [3.63, 3.8) is 0 Å². The molecule has 0 aliphatic rings. The fourth-order valence-corrected chi connectivity index (χ4v) is 1.81. The van der Waals surface area contributed by atoms with Crippen molar-refractivity contribution in [2.75, 3.05) is 26.8 Å². The second-order valence-corrected chi connectivity index (χ2v) is 4.75. The van der Waals surface area contributed by atoms with Gasteiger partial charge < -0.3 is 14.9 Å². The van der Waals surface area contributed by atoms with Crippen LogP contribution in [-0.2, 0) is 17.8 Å². The molecule has 98 valence electrons. The van der Waals surface area contributed by atoms with E-state index in [1.807, 2.05) is 6.07 Å². The fourth-order valence-electron chi connectivity index (χ4n) is 1.81. The van der Waals surface area contributed by atoms with Crippen LogP contribution in [0.3, 0.4) is 0 Å². The van der Waals surface area contributed by atoms with Crippen molar-refractivity contribution in [2.45, 2.75) is 26.9 Å². The van der Waals surface area contributed by atoms with E-state index in [0.29, 0.717) is 12.5 Å². The third kappa shape index (κ3) is 5.35. The van der Waals surface area contributed by atoms with E-state index in [0.717, 1.165) is 37.6 Å². The Kier molecular flexibility index (Phi) is 6.26. The minimum Gasteiger partial charge on any atom is -0.468 e. The minimum atomic E-state index is 0.533. The van der Waals surface area contributed by atoms with E-state index in [4.69, 9.17) is 14.9 Å². The first-order valence-corrected chi connectivity index (χ1v) is 6.13. The van der Waals surface area contributed by atoms with Gasteiger partial charge in [0.2, 0.25) is 0 Å². The summed E-state index contributed by atoms with van der Waals surface area (Å²) in [5.41, 5.74) is 6.61. The predicted molar refractivity (Wildman–Crippen MR) is 68.6 cm³/mol. The molecule has 1 heterocycles. The molecule has 0 aromatic carbocycles. The Morgan fingerprint density at radius 2 is 2.24 bits per heavy atom. The SMILES string of the molecule is COCCN(Cc1cc(CN)co1)CC(C)C. The molecule has 1 aromatic heterocycles. The first kappa shape index (κ1) is 14.2. The number of nitrogens with two attached hydrogens (primary N) is 1. The molecule has 0 aliphatic heterocycles. The Hall–Kier alpha value is -0.840. The van der Waals surface area contributed by atoms with Crippen LogP contribution in [0.1, 0.15) is 25.2 Å². The smallest absolute Gasteiger partial charge is 0.118 e. The van der Waals surface area contributed by atoms with Crippen LogP contribution in [0, 0.1) is 5.92 Å². The van der Waals surface area contributed by atoms with Gasteiger partial charge in [0, 0.05) is 32.3 Å². The second-order valence-electron chi connectivity index (χ2n) is 4.75. The van der Waals surface area contributed by atoms with Crippen LogP contribution in [-0.4, -0.2) is 31.7 Å². The van der Waals surface area contributed by atoms with Crippen molar-refractivity contribution < 1.29 is 9.15 Å². The summed E-state index contributed by atoms with van der Waals surface area (Å²) in [4.78, 5) is 2.34. The first-order chi connectivity index (χ1) is 8.15. The Morgan fingerprint density at radius 1 is 1.47 bits per heavy atom. The lowest BCUT2D eigenvalue weighted by Gasteiger charge is -2.22. The molecule has 0 spiro atoms. The van der Waals surface area contributed by atoms with Gasteiger partial charge in [0.25, 0.3) is 0 Å². The summed E-state index contributed by atoms with van der Waals surface area (Å²) in [5.74, 6) is 1.61. The molecule has 17 heavy (non-hydrogen) atoms. The summed E-state index contributed by atoms with van der Waals surface area (Å²) >= 11 is 0. The highest BCUT2D eigenvalue weighted by Gasteiger charge is 2.10. The zero-order valence-electron chi connectivity index (χ0n) is 11.1. The molecule has 0 amide bonds. The van der Waals surface area contributed by atoms with E-state index in [-0.39, 0.29) is 0 Å². The molecule has 1 rings (SSSR count). The highest BCUT2D eigenvalue weighted by Crippen LogP contribution is 2.11. The molecule has 1 aromatic rings. The first-order valence-electron chi connectivity index (χ1n) is 6.13. The van der Waals surface area contributed by atoms with Gasteiger partial charge in [-0.25, -0.2) is 0 Å². The number of furan rings is 1. The highest BCUT2D eigenvalue weighted by molar-refractivity contribution is 5.12. The molecule has 0 saturated carbocycles. The third-order valence-electron chi connectivity index (χ3n) is 2.56. The number of nitrogens with zero attached hydrogens (tertiary/aromatic N) is 1. The molecular weight excluding hydrogens is 216 g/mol. The lowest BCUT2D eigenvalue weighted by molar-refractivity contribution is 0.131. The fraction of sp³-hybridized carbons (Fsp3) is 0.692. The molecule has 0 aliphatic carbocycles. The van der Waals surface area contributed by atoms with Crippen LogP contribution in [0.4, 0.5) is 0 Å². The van der Waals surface area contributed by atoms with Gasteiger partial charge in [-0.15, -0.1) is 0 Å². The molecule has 0 bridgehead atoms. The van der Waals surface area contributed by atoms with Gasteiger partial charge in [-0.2, -0.15) is 0 Å². The van der Waals surface area contributed by atoms with Crippen LogP contribution in [0.15, 0.2) is 16.7 Å². The molecule has 0 unspecified atom stereocenters. The van der Waals surface area contributed by atoms with Crippen molar-refractivity contribution in [1.82, 2.24) is 4.90 Å². The van der Waals surface area contributed by atoms with E-state index < -0.39 is 0 Å². The summed E-state index contributed by atoms with van der Waals surface area (Å²) in [6.07, 6.45) is 1.74. The van der Waals surface area contributed by atoms with E-state index in [1.165, 1.54) is 0 Å². The molecular formula is C13H24N2O2. The quantitative estimate of drug-likeness (QED) is 0.753. The van der Waals surface area contributed by atoms with Crippen LogP contribution in [0.2, 0.25) is 0 Å². The lowest BCUT2D eigenvalue weighted by atomic mass is 10.2. The van der Waals surface area contributed by atoms with Gasteiger partial charge in [0.15, 0.2) is 0 Å². The summed E-state index contributed by atoms with van der Waals surface area (Å²) in [5, 5.41) is 0. The molecule has 0 fully saturated rings. The average Bonchev–Trinajstić information content (AvgIpc) is 2.73. The zero-order chi connectivity index (χ0) is 12.7. The number of hydrogen-bond acceptors (Lipinski definition) is 4. The van der Waals surface area contributed by atoms with Crippen molar-refractivity contribution >= 4 is 0 Å². The van der Waals surface area contributed by atoms with Crippen molar-refractivity contribution in [2.24, 2.45) is 11.7 Å². The maximum Gasteiger partial charge on any atom is 0.118 e. The molecule has 0 saturated heterocycles. The monoisotopic (exact) mass is 240 g/mol. The largest absolute Gasteiger partial charge is 0.468 e. The molecule has 0 atom stereocenters. The third-order valence-corrected chi connectivity index (χ3v) is 2.56. The summed E-state index contributed by atoms with van der Waals surface area (Å²) < 4.78 is 10.6. The number of methoxy groups -OCH3 is 1. The van der Waals surface area contributed by atoms with Gasteiger partial charge in [-0.1, -0.05) is 13.8 Å². The normalized spacial score (nSPS) is 11.6. The van der Waals surface area contributed by atoms with E-state index >= 15 is 0 Å². The maximum absolute atomic E-state index is 5.56. The number of rotatable bonds is 8. The maximum atomic E-state index is 5.56.